The molecule has 0 radical (unpaired) electrons. The summed E-state index contributed by atoms with van der Waals surface area (Å²) in [5.74, 6) is 0.979. The lowest BCUT2D eigenvalue weighted by Crippen LogP contribution is -2.50. The zero-order valence-electron chi connectivity index (χ0n) is 12.7. The maximum atomic E-state index is 12.4. The molecule has 1 aromatic carbocycles. The number of para-hydroxylation sites is 1. The van der Waals surface area contributed by atoms with Crippen LogP contribution in [0, 0.1) is 0 Å². The van der Waals surface area contributed by atoms with Crippen LogP contribution in [0.3, 0.4) is 0 Å². The largest absolute Gasteiger partial charge is 0.496 e. The number of carbonyl (C=O) groups is 1. The Hall–Kier alpha value is -1.59. The average Bonchev–Trinajstić information content (AvgIpc) is 2.53. The third-order valence-corrected chi connectivity index (χ3v) is 3.71. The fourth-order valence-corrected chi connectivity index (χ4v) is 2.61. The van der Waals surface area contributed by atoms with Crippen molar-refractivity contribution in [2.75, 3.05) is 40.6 Å². The molecule has 5 nitrogen and oxygen atoms in total. The minimum atomic E-state index is 0.0221. The standard InChI is InChI=1S/C16H23NO4/c1-19-11-14-12-21-10-9-17(14)16(18)8-7-13-5-3-4-6-15(13)20-2/h3-6,14H,7-12H2,1-2H3. The molecule has 1 aliphatic heterocycles. The zero-order valence-corrected chi connectivity index (χ0v) is 12.7. The fourth-order valence-electron chi connectivity index (χ4n) is 2.61. The number of hydrogen-bond donors (Lipinski definition) is 0. The van der Waals surface area contributed by atoms with Gasteiger partial charge in [-0.15, -0.1) is 0 Å². The first-order chi connectivity index (χ1) is 10.3. The summed E-state index contributed by atoms with van der Waals surface area (Å²) < 4.78 is 15.9. The van der Waals surface area contributed by atoms with Gasteiger partial charge in [-0.3, -0.25) is 4.79 Å². The molecule has 1 heterocycles. The van der Waals surface area contributed by atoms with Crippen molar-refractivity contribution < 1.29 is 19.0 Å². The summed E-state index contributed by atoms with van der Waals surface area (Å²) >= 11 is 0. The Balaban J connectivity index is 1.94. The molecule has 1 aromatic rings. The third-order valence-electron chi connectivity index (χ3n) is 3.71. The second-order valence-electron chi connectivity index (χ2n) is 5.08. The van der Waals surface area contributed by atoms with E-state index in [2.05, 4.69) is 0 Å². The highest BCUT2D eigenvalue weighted by Crippen LogP contribution is 2.20. The van der Waals surface area contributed by atoms with E-state index in [0.717, 1.165) is 11.3 Å². The van der Waals surface area contributed by atoms with E-state index < -0.39 is 0 Å². The molecule has 0 aliphatic carbocycles. The van der Waals surface area contributed by atoms with Gasteiger partial charge in [0.05, 0.1) is 33.0 Å². The molecule has 1 amide bonds. The highest BCUT2D eigenvalue weighted by Gasteiger charge is 2.26. The average molecular weight is 293 g/mol. The highest BCUT2D eigenvalue weighted by molar-refractivity contribution is 5.77. The Morgan fingerprint density at radius 2 is 2.19 bits per heavy atom. The van der Waals surface area contributed by atoms with Gasteiger partial charge in [0.1, 0.15) is 5.75 Å². The number of carbonyl (C=O) groups excluding carboxylic acids is 1. The summed E-state index contributed by atoms with van der Waals surface area (Å²) in [6.45, 7) is 2.30. The van der Waals surface area contributed by atoms with E-state index in [1.54, 1.807) is 14.2 Å². The first kappa shape index (κ1) is 15.8. The van der Waals surface area contributed by atoms with Crippen LogP contribution in [-0.4, -0.2) is 57.4 Å². The second kappa shape index (κ2) is 8.00. The van der Waals surface area contributed by atoms with E-state index in [4.69, 9.17) is 14.2 Å². The molecule has 0 N–H and O–H groups in total. The molecule has 2 rings (SSSR count). The second-order valence-corrected chi connectivity index (χ2v) is 5.08. The van der Waals surface area contributed by atoms with Crippen molar-refractivity contribution in [3.05, 3.63) is 29.8 Å². The van der Waals surface area contributed by atoms with Gasteiger partial charge in [-0.05, 0) is 18.1 Å². The number of hydrogen-bond acceptors (Lipinski definition) is 4. The van der Waals surface area contributed by atoms with Crippen LogP contribution >= 0.6 is 0 Å². The van der Waals surface area contributed by atoms with Crippen molar-refractivity contribution in [3.63, 3.8) is 0 Å². The molecule has 1 aliphatic rings. The Morgan fingerprint density at radius 3 is 2.95 bits per heavy atom. The summed E-state index contributed by atoms with van der Waals surface area (Å²) in [6, 6.07) is 7.83. The molecule has 1 fully saturated rings. The smallest absolute Gasteiger partial charge is 0.223 e. The zero-order chi connectivity index (χ0) is 15.1. The number of aryl methyl sites for hydroxylation is 1. The number of methoxy groups -OCH3 is 2. The number of rotatable bonds is 6. The molecule has 0 saturated carbocycles. The van der Waals surface area contributed by atoms with Gasteiger partial charge >= 0.3 is 0 Å². The van der Waals surface area contributed by atoms with Crippen LogP contribution in [0.5, 0.6) is 5.75 Å². The van der Waals surface area contributed by atoms with Crippen LogP contribution in [0.25, 0.3) is 0 Å². The number of amides is 1. The maximum Gasteiger partial charge on any atom is 0.223 e. The number of morpholine rings is 1. The lowest BCUT2D eigenvalue weighted by atomic mass is 10.1. The van der Waals surface area contributed by atoms with Gasteiger partial charge < -0.3 is 19.1 Å². The predicted molar refractivity (Wildman–Crippen MR) is 79.5 cm³/mol. The maximum absolute atomic E-state index is 12.4. The van der Waals surface area contributed by atoms with Gasteiger partial charge in [0.15, 0.2) is 0 Å². The van der Waals surface area contributed by atoms with Gasteiger partial charge in [0, 0.05) is 20.1 Å². The van der Waals surface area contributed by atoms with Gasteiger partial charge in [0.25, 0.3) is 0 Å². The van der Waals surface area contributed by atoms with Crippen molar-refractivity contribution in [2.24, 2.45) is 0 Å². The van der Waals surface area contributed by atoms with Crippen molar-refractivity contribution in [1.29, 1.82) is 0 Å². The molecule has 0 spiro atoms. The fraction of sp³-hybridized carbons (Fsp3) is 0.562. The van der Waals surface area contributed by atoms with Crippen LogP contribution in [0.15, 0.2) is 24.3 Å². The molecular weight excluding hydrogens is 270 g/mol. The van der Waals surface area contributed by atoms with E-state index in [1.807, 2.05) is 29.2 Å². The van der Waals surface area contributed by atoms with E-state index in [1.165, 1.54) is 0 Å². The molecular formula is C16H23NO4. The lowest BCUT2D eigenvalue weighted by Gasteiger charge is -2.35. The minimum Gasteiger partial charge on any atom is -0.496 e. The van der Waals surface area contributed by atoms with E-state index in [-0.39, 0.29) is 11.9 Å². The summed E-state index contributed by atoms with van der Waals surface area (Å²) in [5, 5.41) is 0. The van der Waals surface area contributed by atoms with Crippen LogP contribution in [0.4, 0.5) is 0 Å². The number of ether oxygens (including phenoxy) is 3. The van der Waals surface area contributed by atoms with Gasteiger partial charge in [-0.2, -0.15) is 0 Å². The van der Waals surface area contributed by atoms with Crippen molar-refractivity contribution in [1.82, 2.24) is 4.90 Å². The summed E-state index contributed by atoms with van der Waals surface area (Å²) in [6.07, 6.45) is 1.15. The van der Waals surface area contributed by atoms with Crippen molar-refractivity contribution in [2.45, 2.75) is 18.9 Å². The molecule has 21 heavy (non-hydrogen) atoms. The Labute approximate surface area is 125 Å². The molecule has 1 unspecified atom stereocenters. The quantitative estimate of drug-likeness (QED) is 0.797. The first-order valence-corrected chi connectivity index (χ1v) is 7.24. The van der Waals surface area contributed by atoms with E-state index in [9.17, 15) is 4.79 Å². The molecule has 116 valence electrons. The minimum absolute atomic E-state index is 0.0221. The Kier molecular flexibility index (Phi) is 6.02. The molecule has 5 heteroatoms. The summed E-state index contributed by atoms with van der Waals surface area (Å²) in [5.41, 5.74) is 1.06. The monoisotopic (exact) mass is 293 g/mol. The highest BCUT2D eigenvalue weighted by atomic mass is 16.5. The molecule has 0 bridgehead atoms. The molecule has 0 aromatic heterocycles. The molecule has 1 atom stereocenters. The Morgan fingerprint density at radius 1 is 1.38 bits per heavy atom. The van der Waals surface area contributed by atoms with Gasteiger partial charge in [0.2, 0.25) is 5.91 Å². The van der Waals surface area contributed by atoms with Crippen LogP contribution in [-0.2, 0) is 20.7 Å². The van der Waals surface area contributed by atoms with Crippen LogP contribution in [0.2, 0.25) is 0 Å². The SMILES string of the molecule is COCC1COCCN1C(=O)CCc1ccccc1OC. The van der Waals surface area contributed by atoms with Gasteiger partial charge in [-0.25, -0.2) is 0 Å². The summed E-state index contributed by atoms with van der Waals surface area (Å²) in [4.78, 5) is 14.3. The molecule has 1 saturated heterocycles. The van der Waals surface area contributed by atoms with Crippen LogP contribution in [0.1, 0.15) is 12.0 Å². The van der Waals surface area contributed by atoms with Crippen LogP contribution < -0.4 is 4.74 Å². The van der Waals surface area contributed by atoms with E-state index in [0.29, 0.717) is 39.2 Å². The van der Waals surface area contributed by atoms with Gasteiger partial charge in [-0.1, -0.05) is 18.2 Å². The normalized spacial score (nSPS) is 18.6. The number of benzene rings is 1. The lowest BCUT2D eigenvalue weighted by molar-refractivity contribution is -0.142. The van der Waals surface area contributed by atoms with Crippen molar-refractivity contribution in [3.8, 4) is 5.75 Å². The topological polar surface area (TPSA) is 48.0 Å². The first-order valence-electron chi connectivity index (χ1n) is 7.24. The van der Waals surface area contributed by atoms with Crippen molar-refractivity contribution >= 4 is 5.91 Å². The predicted octanol–water partition coefficient (Wildman–Crippen LogP) is 1.50. The summed E-state index contributed by atoms with van der Waals surface area (Å²) in [7, 11) is 3.29. The number of nitrogens with zero attached hydrogens (tertiary/aromatic N) is 1. The van der Waals surface area contributed by atoms with E-state index >= 15 is 0 Å². The Bertz CT molecular complexity index is 461. The third kappa shape index (κ3) is 4.19.